The van der Waals surface area contributed by atoms with Crippen LogP contribution in [0.4, 0.5) is 0 Å². The number of aromatic nitrogens is 3. The summed E-state index contributed by atoms with van der Waals surface area (Å²) >= 11 is 0. The van der Waals surface area contributed by atoms with Crippen LogP contribution in [0.2, 0.25) is 0 Å². The van der Waals surface area contributed by atoms with Crippen molar-refractivity contribution in [3.8, 4) is 56.8 Å². The van der Waals surface area contributed by atoms with Crippen molar-refractivity contribution in [2.24, 2.45) is 0 Å². The standard InChI is InChI=1S/C50H29N3O2/c1-2-14-31(15-3-1)47-51-48(53-49(52-47)38-21-12-20-37-36-19-8-11-24-43(36)54-45(37)38)32-26-28-44-42(29-32)50(41-27-25-30-13-4-5-16-33(30)46(41)55-44)39-22-9-6-17-34(39)35-18-7-10-23-40(35)50/h1-29H. The number of furan rings is 1. The van der Waals surface area contributed by atoms with E-state index in [1.54, 1.807) is 0 Å². The van der Waals surface area contributed by atoms with Crippen LogP contribution < -0.4 is 4.74 Å². The van der Waals surface area contributed by atoms with Gasteiger partial charge >= 0.3 is 0 Å². The fourth-order valence-corrected chi connectivity index (χ4v) is 9.03. The lowest BCUT2D eigenvalue weighted by Gasteiger charge is -2.40. The SMILES string of the molecule is c1ccc(-c2nc(-c3ccc4c(c3)C3(c5ccccc5-c5ccccc53)c3ccc5ccccc5c3O4)nc(-c3cccc4c3oc3ccccc34)n2)cc1. The van der Waals surface area contributed by atoms with Crippen LogP contribution >= 0.6 is 0 Å². The van der Waals surface area contributed by atoms with Gasteiger partial charge in [0.1, 0.15) is 22.7 Å². The summed E-state index contributed by atoms with van der Waals surface area (Å²) in [6, 6.07) is 61.3. The highest BCUT2D eigenvalue weighted by Crippen LogP contribution is 2.63. The Kier molecular flexibility index (Phi) is 6.20. The number of hydrogen-bond donors (Lipinski definition) is 0. The van der Waals surface area contributed by atoms with E-state index in [4.69, 9.17) is 24.1 Å². The van der Waals surface area contributed by atoms with Gasteiger partial charge in [-0.25, -0.2) is 15.0 Å². The molecule has 5 heteroatoms. The molecule has 2 aliphatic rings. The molecule has 0 N–H and O–H groups in total. The number of hydrogen-bond acceptors (Lipinski definition) is 5. The summed E-state index contributed by atoms with van der Waals surface area (Å²) in [5.41, 5.74) is 10.6. The lowest BCUT2D eigenvalue weighted by atomic mass is 9.65. The third-order valence-electron chi connectivity index (χ3n) is 11.4. The normalized spacial score (nSPS) is 13.4. The van der Waals surface area contributed by atoms with E-state index in [9.17, 15) is 0 Å². The molecule has 5 nitrogen and oxygen atoms in total. The molecule has 55 heavy (non-hydrogen) atoms. The summed E-state index contributed by atoms with van der Waals surface area (Å²) in [6.07, 6.45) is 0. The predicted molar refractivity (Wildman–Crippen MR) is 218 cm³/mol. The Hall–Kier alpha value is -7.37. The highest BCUT2D eigenvalue weighted by molar-refractivity contribution is 6.09. The number of ether oxygens (including phenoxy) is 1. The van der Waals surface area contributed by atoms with Gasteiger partial charge in [0.05, 0.1) is 11.0 Å². The van der Waals surface area contributed by atoms with Gasteiger partial charge in [-0.05, 0) is 58.0 Å². The van der Waals surface area contributed by atoms with E-state index in [2.05, 4.69) is 115 Å². The third-order valence-corrected chi connectivity index (χ3v) is 11.4. The number of nitrogens with zero attached hydrogens (tertiary/aromatic N) is 3. The summed E-state index contributed by atoms with van der Waals surface area (Å²) < 4.78 is 13.5. The summed E-state index contributed by atoms with van der Waals surface area (Å²) in [5.74, 6) is 3.40. The van der Waals surface area contributed by atoms with Crippen LogP contribution in [-0.4, -0.2) is 15.0 Å². The van der Waals surface area contributed by atoms with Crippen molar-refractivity contribution in [1.82, 2.24) is 15.0 Å². The minimum absolute atomic E-state index is 0.547. The van der Waals surface area contributed by atoms with Crippen LogP contribution in [0.25, 0.3) is 78.0 Å². The highest BCUT2D eigenvalue weighted by atomic mass is 16.5. The Morgan fingerprint density at radius 2 is 1.04 bits per heavy atom. The molecule has 10 aromatic rings. The molecule has 2 aromatic heterocycles. The molecule has 0 fully saturated rings. The first-order valence-corrected chi connectivity index (χ1v) is 18.5. The zero-order chi connectivity index (χ0) is 36.1. The van der Waals surface area contributed by atoms with Gasteiger partial charge in [-0.1, -0.05) is 146 Å². The molecule has 1 aliphatic heterocycles. The van der Waals surface area contributed by atoms with Crippen molar-refractivity contribution in [1.29, 1.82) is 0 Å². The van der Waals surface area contributed by atoms with Gasteiger partial charge in [-0.3, -0.25) is 0 Å². The fraction of sp³-hybridized carbons (Fsp3) is 0.0200. The molecule has 3 heterocycles. The fourth-order valence-electron chi connectivity index (χ4n) is 9.03. The van der Waals surface area contributed by atoms with Gasteiger partial charge in [-0.15, -0.1) is 0 Å². The summed E-state index contributed by atoms with van der Waals surface area (Å²) in [4.78, 5) is 15.5. The van der Waals surface area contributed by atoms with Gasteiger partial charge in [0, 0.05) is 38.4 Å². The quantitative estimate of drug-likeness (QED) is 0.183. The van der Waals surface area contributed by atoms with Crippen LogP contribution in [0.1, 0.15) is 22.3 Å². The van der Waals surface area contributed by atoms with Crippen LogP contribution in [0.15, 0.2) is 180 Å². The average molecular weight is 704 g/mol. The Bertz CT molecular complexity index is 3160. The molecule has 0 bridgehead atoms. The Labute approximate surface area is 316 Å². The van der Waals surface area contributed by atoms with E-state index >= 15 is 0 Å². The molecule has 0 saturated carbocycles. The monoisotopic (exact) mass is 703 g/mol. The van der Waals surface area contributed by atoms with Gasteiger partial charge in [0.15, 0.2) is 17.5 Å². The van der Waals surface area contributed by atoms with Crippen molar-refractivity contribution in [3.05, 3.63) is 198 Å². The number of rotatable bonds is 3. The van der Waals surface area contributed by atoms with Crippen LogP contribution in [-0.2, 0) is 5.41 Å². The van der Waals surface area contributed by atoms with E-state index in [0.717, 1.165) is 72.0 Å². The smallest absolute Gasteiger partial charge is 0.167 e. The molecule has 12 rings (SSSR count). The average Bonchev–Trinajstić information content (AvgIpc) is 3.78. The molecular weight excluding hydrogens is 675 g/mol. The van der Waals surface area contributed by atoms with E-state index in [1.165, 1.54) is 22.3 Å². The number of para-hydroxylation sites is 2. The predicted octanol–water partition coefficient (Wildman–Crippen LogP) is 12.4. The molecule has 0 saturated heterocycles. The van der Waals surface area contributed by atoms with Crippen LogP contribution in [0.5, 0.6) is 11.5 Å². The molecule has 0 atom stereocenters. The summed E-state index contributed by atoms with van der Waals surface area (Å²) in [7, 11) is 0. The maximum atomic E-state index is 7.00. The summed E-state index contributed by atoms with van der Waals surface area (Å²) in [6.45, 7) is 0. The number of fused-ring (bicyclic) bond motifs is 14. The van der Waals surface area contributed by atoms with Crippen LogP contribution in [0, 0.1) is 0 Å². The molecule has 1 aliphatic carbocycles. The zero-order valence-corrected chi connectivity index (χ0v) is 29.4. The maximum absolute atomic E-state index is 7.00. The molecule has 8 aromatic carbocycles. The van der Waals surface area contributed by atoms with Crippen molar-refractivity contribution in [2.45, 2.75) is 5.41 Å². The zero-order valence-electron chi connectivity index (χ0n) is 29.4. The summed E-state index contributed by atoms with van der Waals surface area (Å²) in [5, 5.41) is 4.31. The highest BCUT2D eigenvalue weighted by Gasteiger charge is 2.51. The lowest BCUT2D eigenvalue weighted by molar-refractivity contribution is 0.442. The molecule has 0 amide bonds. The maximum Gasteiger partial charge on any atom is 0.167 e. The first kappa shape index (κ1) is 30.1. The molecular formula is C50H29N3O2. The minimum atomic E-state index is -0.645. The Morgan fingerprint density at radius 3 is 1.85 bits per heavy atom. The largest absolute Gasteiger partial charge is 0.456 e. The van der Waals surface area contributed by atoms with E-state index in [0.29, 0.717) is 17.5 Å². The second kappa shape index (κ2) is 11.3. The molecule has 256 valence electrons. The van der Waals surface area contributed by atoms with Gasteiger partial charge < -0.3 is 9.15 Å². The molecule has 0 unspecified atom stereocenters. The Balaban J connectivity index is 1.14. The van der Waals surface area contributed by atoms with Crippen molar-refractivity contribution >= 4 is 32.7 Å². The van der Waals surface area contributed by atoms with Crippen molar-refractivity contribution in [3.63, 3.8) is 0 Å². The lowest BCUT2D eigenvalue weighted by Crippen LogP contribution is -2.32. The Morgan fingerprint density at radius 1 is 0.400 bits per heavy atom. The minimum Gasteiger partial charge on any atom is -0.456 e. The first-order valence-electron chi connectivity index (χ1n) is 18.5. The van der Waals surface area contributed by atoms with Crippen LogP contribution in [0.3, 0.4) is 0 Å². The topological polar surface area (TPSA) is 61.0 Å². The van der Waals surface area contributed by atoms with E-state index in [-0.39, 0.29) is 0 Å². The van der Waals surface area contributed by atoms with Gasteiger partial charge in [0.2, 0.25) is 0 Å². The van der Waals surface area contributed by atoms with E-state index in [1.807, 2.05) is 60.7 Å². The molecule has 1 spiro atoms. The van der Waals surface area contributed by atoms with Gasteiger partial charge in [-0.2, -0.15) is 0 Å². The van der Waals surface area contributed by atoms with Gasteiger partial charge in [0.25, 0.3) is 0 Å². The second-order valence-corrected chi connectivity index (χ2v) is 14.3. The van der Waals surface area contributed by atoms with Crippen molar-refractivity contribution < 1.29 is 9.15 Å². The first-order chi connectivity index (χ1) is 27.3. The third kappa shape index (κ3) is 4.20. The second-order valence-electron chi connectivity index (χ2n) is 14.3. The van der Waals surface area contributed by atoms with Crippen molar-refractivity contribution in [2.75, 3.05) is 0 Å². The molecule has 0 radical (unpaired) electrons. The number of benzene rings is 8. The van der Waals surface area contributed by atoms with E-state index < -0.39 is 5.41 Å².